The van der Waals surface area contributed by atoms with Gasteiger partial charge in [-0.2, -0.15) is 0 Å². The van der Waals surface area contributed by atoms with E-state index in [1.165, 1.54) is 54.0 Å². The van der Waals surface area contributed by atoms with Crippen molar-refractivity contribution in [2.75, 3.05) is 6.26 Å². The van der Waals surface area contributed by atoms with Crippen LogP contribution in [0.3, 0.4) is 0 Å². The molecule has 0 heterocycles. The second kappa shape index (κ2) is 18.6. The molecule has 19 heteroatoms. The molecule has 3 aromatic rings. The Morgan fingerprint density at radius 3 is 0.979 bits per heavy atom. The molecular weight excluding hydrogens is 827 g/mol. The summed E-state index contributed by atoms with van der Waals surface area (Å²) in [5.41, 5.74) is 0. The summed E-state index contributed by atoms with van der Waals surface area (Å²) in [6, 6.07) is 4.92. The van der Waals surface area contributed by atoms with Crippen LogP contribution >= 0.6 is 29.4 Å². The zero-order valence-corrected chi connectivity index (χ0v) is 29.4. The molecule has 0 atom stereocenters. The van der Waals surface area contributed by atoms with Crippen molar-refractivity contribution in [1.82, 2.24) is 0 Å². The van der Waals surface area contributed by atoms with Crippen LogP contribution in [0.25, 0.3) is 0 Å². The van der Waals surface area contributed by atoms with Crippen LogP contribution in [-0.4, -0.2) is 13.5 Å². The van der Waals surface area contributed by atoms with Gasteiger partial charge in [0.1, 0.15) is 0 Å². The SMILES string of the molecule is CSc1ccccc1P(c1c(F)c(F)c(F)c(F)c1F)c1c(F)c(F)c(F)c(F)c1F.C[C]1[C](C)[C](C)[C](C)[C]1C.F[B-](F)(F)F.[Cl][Rh+2]. The molecule has 3 aromatic carbocycles. The first-order chi connectivity index (χ1) is 22.1. The number of hydrogen-bond donors (Lipinski definition) is 0. The van der Waals surface area contributed by atoms with E-state index in [2.05, 4.69) is 44.3 Å². The fourth-order valence-corrected chi connectivity index (χ4v) is 7.61. The molecule has 265 valence electrons. The van der Waals surface area contributed by atoms with Gasteiger partial charge in [0.05, 0.1) is 10.6 Å². The van der Waals surface area contributed by atoms with Crippen molar-refractivity contribution in [2.24, 2.45) is 0 Å². The minimum atomic E-state index is -6.00. The van der Waals surface area contributed by atoms with E-state index in [0.29, 0.717) is 0 Å². The van der Waals surface area contributed by atoms with Gasteiger partial charge in [-0.15, -0.1) is 11.8 Å². The van der Waals surface area contributed by atoms with Crippen LogP contribution in [0.5, 0.6) is 0 Å². The van der Waals surface area contributed by atoms with Gasteiger partial charge in [0.2, 0.25) is 11.6 Å². The summed E-state index contributed by atoms with van der Waals surface area (Å²) in [5.74, 6) is -17.2. The molecule has 0 nitrogen and oxygen atoms in total. The number of thioether (sulfide) groups is 1. The van der Waals surface area contributed by atoms with E-state index in [-0.39, 0.29) is 10.2 Å². The fourth-order valence-electron chi connectivity index (χ4n) is 4.15. The van der Waals surface area contributed by atoms with Gasteiger partial charge in [0.25, 0.3) is 0 Å². The van der Waals surface area contributed by atoms with Gasteiger partial charge >= 0.3 is 34.3 Å². The molecule has 0 bridgehead atoms. The van der Waals surface area contributed by atoms with Crippen LogP contribution < -0.4 is 15.9 Å². The van der Waals surface area contributed by atoms with Crippen molar-refractivity contribution in [1.29, 1.82) is 0 Å². The maximum atomic E-state index is 14.6. The molecule has 4 rings (SSSR count). The summed E-state index contributed by atoms with van der Waals surface area (Å²) in [6.45, 7) is 11.0. The summed E-state index contributed by atoms with van der Waals surface area (Å²) in [4.78, 5) is 0.0569. The third kappa shape index (κ3) is 10.0. The summed E-state index contributed by atoms with van der Waals surface area (Å²) >= 11 is 2.89. The van der Waals surface area contributed by atoms with Crippen molar-refractivity contribution < 1.29 is 78.5 Å². The van der Waals surface area contributed by atoms with Crippen LogP contribution in [0, 0.1) is 87.8 Å². The Morgan fingerprint density at radius 1 is 0.500 bits per heavy atom. The van der Waals surface area contributed by atoms with Crippen LogP contribution in [0.2, 0.25) is 0 Å². The quantitative estimate of drug-likeness (QED) is 0.0630. The Hall–Kier alpha value is -1.56. The first-order valence-electron chi connectivity index (χ1n) is 12.7. The van der Waals surface area contributed by atoms with Crippen LogP contribution in [0.15, 0.2) is 29.2 Å². The van der Waals surface area contributed by atoms with Crippen molar-refractivity contribution in [3.63, 3.8) is 0 Å². The van der Waals surface area contributed by atoms with Gasteiger partial charge in [-0.3, -0.25) is 0 Å². The molecule has 1 saturated carbocycles. The molecule has 0 aliphatic heterocycles. The third-order valence-electron chi connectivity index (χ3n) is 6.96. The molecule has 0 saturated heterocycles. The van der Waals surface area contributed by atoms with E-state index < -0.39 is 84.0 Å². The fraction of sp³-hybridized carbons (Fsp3) is 0.207. The van der Waals surface area contributed by atoms with Crippen LogP contribution in [0.4, 0.5) is 61.2 Å². The molecule has 1 aliphatic carbocycles. The molecule has 0 aromatic heterocycles. The van der Waals surface area contributed by atoms with Gasteiger partial charge in [-0.25, -0.2) is 43.9 Å². The normalized spacial score (nSPS) is 14.7. The summed E-state index contributed by atoms with van der Waals surface area (Å²) < 4.78 is 180. The van der Waals surface area contributed by atoms with Gasteiger partial charge in [-0.05, 0) is 47.2 Å². The van der Waals surface area contributed by atoms with Crippen LogP contribution in [-0.2, 0) is 17.3 Å². The zero-order valence-electron chi connectivity index (χ0n) is 25.2. The van der Waals surface area contributed by atoms with Gasteiger partial charge in [0, 0.05) is 12.8 Å². The minimum absolute atomic E-state index is 0.0569. The Morgan fingerprint density at radius 2 is 0.729 bits per heavy atom. The number of benzene rings is 3. The standard InChI is InChI=1S/C19H7F10PS.C10H15.BF4.ClH.Rh/c1-31-7-5-3-2-4-6(7)30(18-14(26)10(22)8(20)11(23)15(18)27)19-16(28)12(24)9(21)13(25)17(19)29;1-6-7(2)9(4)10(5)8(6)3;2-1(3,4)5;;/h2-5H,1H3;1-5H3;;1H;/q;;-1;;+3/p-1. The van der Waals surface area contributed by atoms with Crippen molar-refractivity contribution in [2.45, 2.75) is 39.5 Å². The van der Waals surface area contributed by atoms with E-state index in [4.69, 9.17) is 0 Å². The Labute approximate surface area is 288 Å². The number of hydrogen-bond acceptors (Lipinski definition) is 1. The Bertz CT molecular complexity index is 1390. The second-order valence-corrected chi connectivity index (χ2v) is 12.4. The Kier molecular flexibility index (Phi) is 17.2. The topological polar surface area (TPSA) is 0 Å². The number of rotatable bonds is 4. The van der Waals surface area contributed by atoms with E-state index in [1.807, 2.05) is 17.3 Å². The Balaban J connectivity index is 0.000000557. The number of halogens is 15. The molecule has 0 N–H and O–H groups in total. The third-order valence-corrected chi connectivity index (χ3v) is 10.5. The van der Waals surface area contributed by atoms with Gasteiger partial charge < -0.3 is 17.3 Å². The van der Waals surface area contributed by atoms with Crippen molar-refractivity contribution in [3.8, 4) is 0 Å². The predicted molar refractivity (Wildman–Crippen MR) is 157 cm³/mol. The van der Waals surface area contributed by atoms with E-state index in [1.54, 1.807) is 0 Å². The first kappa shape index (κ1) is 44.5. The first-order valence-corrected chi connectivity index (χ1v) is 17.4. The average molecular weight is 849 g/mol. The molecule has 0 amide bonds. The molecular formula is C29H22BClF14PRhS+. The average Bonchev–Trinajstić information content (AvgIpc) is 3.21. The summed E-state index contributed by atoms with van der Waals surface area (Å²) in [5, 5.41) is -3.77. The van der Waals surface area contributed by atoms with E-state index in [9.17, 15) is 61.2 Å². The van der Waals surface area contributed by atoms with Crippen molar-refractivity contribution >= 4 is 52.5 Å². The molecule has 0 spiro atoms. The molecule has 1 fully saturated rings. The second-order valence-electron chi connectivity index (χ2n) is 9.46. The van der Waals surface area contributed by atoms with Gasteiger partial charge in [-0.1, -0.05) is 52.8 Å². The molecule has 5 radical (unpaired) electrons. The van der Waals surface area contributed by atoms with Gasteiger partial charge in [0.15, 0.2) is 46.5 Å². The van der Waals surface area contributed by atoms with E-state index in [0.717, 1.165) is 17.8 Å². The van der Waals surface area contributed by atoms with E-state index >= 15 is 0 Å². The van der Waals surface area contributed by atoms with Crippen LogP contribution in [0.1, 0.15) is 34.6 Å². The predicted octanol–water partition coefficient (Wildman–Crippen LogP) is 10.5. The maximum absolute atomic E-state index is 14.6. The summed E-state index contributed by atoms with van der Waals surface area (Å²) in [7, 11) is -4.93. The molecule has 48 heavy (non-hydrogen) atoms. The molecule has 0 unspecified atom stereocenters. The van der Waals surface area contributed by atoms with Crippen molar-refractivity contribution in [3.05, 3.63) is 112 Å². The summed E-state index contributed by atoms with van der Waals surface area (Å²) in [6.07, 6.45) is 1.42. The monoisotopic (exact) mass is 848 g/mol. The molecule has 1 aliphatic rings. The zero-order chi connectivity index (χ0) is 37.6.